The van der Waals surface area contributed by atoms with E-state index in [2.05, 4.69) is 9.97 Å². The van der Waals surface area contributed by atoms with Crippen LogP contribution < -0.4 is 0 Å². The Hall–Kier alpha value is -1.58. The predicted octanol–water partition coefficient (Wildman–Crippen LogP) is 4.68. The van der Waals surface area contributed by atoms with E-state index in [9.17, 15) is 4.39 Å². The number of nitrogens with one attached hydrogen (secondary N) is 1. The second-order valence-electron chi connectivity index (χ2n) is 3.87. The topological polar surface area (TPSA) is 28.7 Å². The third-order valence-corrected chi connectivity index (χ3v) is 3.19. The van der Waals surface area contributed by atoms with Gasteiger partial charge in [-0.3, -0.25) is 0 Å². The first-order valence-corrected chi connectivity index (χ1v) is 6.00. The van der Waals surface area contributed by atoms with E-state index in [1.54, 1.807) is 24.3 Å². The number of hydrogen-bond acceptors (Lipinski definition) is 1. The number of aromatic amines is 1. The lowest BCUT2D eigenvalue weighted by Gasteiger charge is -2.00. The maximum absolute atomic E-state index is 13.1. The number of hydrogen-bond donors (Lipinski definition) is 1. The van der Waals surface area contributed by atoms with Crippen molar-refractivity contribution in [2.75, 3.05) is 0 Å². The highest BCUT2D eigenvalue weighted by molar-refractivity contribution is 6.35. The zero-order valence-corrected chi connectivity index (χ0v) is 10.6. The summed E-state index contributed by atoms with van der Waals surface area (Å²) in [6, 6.07) is 9.50. The van der Waals surface area contributed by atoms with Gasteiger partial charge in [-0.15, -0.1) is 0 Å². The van der Waals surface area contributed by atoms with Crippen LogP contribution in [-0.4, -0.2) is 9.97 Å². The molecule has 3 rings (SSSR count). The van der Waals surface area contributed by atoms with Gasteiger partial charge < -0.3 is 4.98 Å². The van der Waals surface area contributed by atoms with Crippen LogP contribution in [0.4, 0.5) is 4.39 Å². The molecular formula is C13H7Cl2FN2. The molecule has 1 aromatic heterocycles. The van der Waals surface area contributed by atoms with E-state index in [4.69, 9.17) is 23.2 Å². The molecule has 5 heteroatoms. The first-order valence-electron chi connectivity index (χ1n) is 5.24. The van der Waals surface area contributed by atoms with Crippen LogP contribution in [0.2, 0.25) is 10.0 Å². The molecular weight excluding hydrogens is 274 g/mol. The molecule has 3 aromatic rings. The molecule has 0 spiro atoms. The van der Waals surface area contributed by atoms with E-state index in [0.717, 1.165) is 0 Å². The molecule has 0 bridgehead atoms. The van der Waals surface area contributed by atoms with Crippen LogP contribution >= 0.6 is 23.2 Å². The lowest BCUT2D eigenvalue weighted by Crippen LogP contribution is -1.82. The Bertz CT molecular complexity index is 737. The Morgan fingerprint density at radius 3 is 2.72 bits per heavy atom. The van der Waals surface area contributed by atoms with Crippen LogP contribution in [0.1, 0.15) is 0 Å². The number of nitrogens with zero attached hydrogens (tertiary/aromatic N) is 1. The average molecular weight is 281 g/mol. The largest absolute Gasteiger partial charge is 0.338 e. The Labute approximate surface area is 112 Å². The van der Waals surface area contributed by atoms with E-state index in [1.165, 1.54) is 12.1 Å². The van der Waals surface area contributed by atoms with Gasteiger partial charge in [0.25, 0.3) is 0 Å². The smallest absolute Gasteiger partial charge is 0.140 e. The highest BCUT2D eigenvalue weighted by atomic mass is 35.5. The third-order valence-electron chi connectivity index (χ3n) is 2.63. The van der Waals surface area contributed by atoms with Crippen LogP contribution in [0.5, 0.6) is 0 Å². The van der Waals surface area contributed by atoms with Crippen molar-refractivity contribution in [1.82, 2.24) is 9.97 Å². The quantitative estimate of drug-likeness (QED) is 0.689. The van der Waals surface area contributed by atoms with Crippen molar-refractivity contribution >= 4 is 34.2 Å². The molecule has 0 radical (unpaired) electrons. The van der Waals surface area contributed by atoms with Crippen molar-refractivity contribution in [2.45, 2.75) is 0 Å². The number of fused-ring (bicyclic) bond motifs is 1. The number of rotatable bonds is 1. The predicted molar refractivity (Wildman–Crippen MR) is 71.5 cm³/mol. The summed E-state index contributed by atoms with van der Waals surface area (Å²) >= 11 is 12.0. The minimum atomic E-state index is -0.310. The lowest BCUT2D eigenvalue weighted by atomic mass is 10.2. The highest BCUT2D eigenvalue weighted by Crippen LogP contribution is 2.30. The molecule has 2 aromatic carbocycles. The zero-order valence-electron chi connectivity index (χ0n) is 9.05. The van der Waals surface area contributed by atoms with Crippen LogP contribution in [0.15, 0.2) is 36.4 Å². The number of aromatic nitrogens is 2. The molecule has 0 fully saturated rings. The Morgan fingerprint density at radius 2 is 1.89 bits per heavy atom. The average Bonchev–Trinajstić information content (AvgIpc) is 2.74. The Morgan fingerprint density at radius 1 is 1.06 bits per heavy atom. The molecule has 90 valence electrons. The van der Waals surface area contributed by atoms with Gasteiger partial charge in [-0.1, -0.05) is 23.2 Å². The third kappa shape index (κ3) is 1.96. The number of benzene rings is 2. The van der Waals surface area contributed by atoms with Crippen LogP contribution in [0.25, 0.3) is 22.4 Å². The van der Waals surface area contributed by atoms with Gasteiger partial charge in [-0.05, 0) is 36.4 Å². The van der Waals surface area contributed by atoms with E-state index in [-0.39, 0.29) is 5.82 Å². The van der Waals surface area contributed by atoms with Crippen LogP contribution in [0.3, 0.4) is 0 Å². The zero-order chi connectivity index (χ0) is 12.7. The van der Waals surface area contributed by atoms with Crippen LogP contribution in [-0.2, 0) is 0 Å². The fourth-order valence-electron chi connectivity index (χ4n) is 1.79. The summed E-state index contributed by atoms with van der Waals surface area (Å²) in [5, 5.41) is 1.11. The van der Waals surface area contributed by atoms with Gasteiger partial charge in [0.1, 0.15) is 11.6 Å². The summed E-state index contributed by atoms with van der Waals surface area (Å²) in [5.41, 5.74) is 2.00. The maximum atomic E-state index is 13.1. The Kier molecular flexibility index (Phi) is 2.73. The van der Waals surface area contributed by atoms with E-state index < -0.39 is 0 Å². The maximum Gasteiger partial charge on any atom is 0.140 e. The van der Waals surface area contributed by atoms with E-state index >= 15 is 0 Å². The van der Waals surface area contributed by atoms with Crippen LogP contribution in [0, 0.1) is 5.82 Å². The minimum Gasteiger partial charge on any atom is -0.338 e. The van der Waals surface area contributed by atoms with Gasteiger partial charge in [0.05, 0.1) is 16.1 Å². The standard InChI is InChI=1S/C13H7Cl2FN2/c14-7-1-3-10(15)9(5-7)13-17-11-4-2-8(16)6-12(11)18-13/h1-6H,(H,17,18). The van der Waals surface area contributed by atoms with Gasteiger partial charge in [0.15, 0.2) is 0 Å². The molecule has 0 unspecified atom stereocenters. The number of imidazole rings is 1. The summed E-state index contributed by atoms with van der Waals surface area (Å²) in [6.45, 7) is 0. The molecule has 0 saturated heterocycles. The van der Waals surface area contributed by atoms with Crippen molar-refractivity contribution < 1.29 is 4.39 Å². The highest BCUT2D eigenvalue weighted by Gasteiger charge is 2.10. The first-order chi connectivity index (χ1) is 8.63. The molecule has 0 saturated carbocycles. The second kappa shape index (κ2) is 4.26. The fourth-order valence-corrected chi connectivity index (χ4v) is 2.17. The monoisotopic (exact) mass is 280 g/mol. The second-order valence-corrected chi connectivity index (χ2v) is 4.71. The van der Waals surface area contributed by atoms with Gasteiger partial charge in [0, 0.05) is 10.6 Å². The molecule has 0 aliphatic heterocycles. The first kappa shape index (κ1) is 11.5. The molecule has 1 heterocycles. The van der Waals surface area contributed by atoms with E-state index in [0.29, 0.717) is 32.5 Å². The molecule has 0 aliphatic rings. The molecule has 18 heavy (non-hydrogen) atoms. The van der Waals surface area contributed by atoms with Crippen molar-refractivity contribution in [3.8, 4) is 11.4 Å². The Balaban J connectivity index is 2.22. The molecule has 2 nitrogen and oxygen atoms in total. The van der Waals surface area contributed by atoms with Gasteiger partial charge >= 0.3 is 0 Å². The van der Waals surface area contributed by atoms with Gasteiger partial charge in [-0.25, -0.2) is 9.37 Å². The summed E-state index contributed by atoms with van der Waals surface area (Å²) in [6.07, 6.45) is 0. The number of H-pyrrole nitrogens is 1. The van der Waals surface area contributed by atoms with Gasteiger partial charge in [0.2, 0.25) is 0 Å². The van der Waals surface area contributed by atoms with Crippen molar-refractivity contribution in [2.24, 2.45) is 0 Å². The normalized spacial score (nSPS) is 11.1. The molecule has 0 atom stereocenters. The molecule has 1 N–H and O–H groups in total. The van der Waals surface area contributed by atoms with E-state index in [1.807, 2.05) is 0 Å². The SMILES string of the molecule is Fc1ccc2nc(-c3cc(Cl)ccc3Cl)[nH]c2c1. The van der Waals surface area contributed by atoms with Crippen molar-refractivity contribution in [3.05, 3.63) is 52.3 Å². The summed E-state index contributed by atoms with van der Waals surface area (Å²) in [4.78, 5) is 7.39. The number of halogens is 3. The lowest BCUT2D eigenvalue weighted by molar-refractivity contribution is 0.629. The minimum absolute atomic E-state index is 0.310. The van der Waals surface area contributed by atoms with Gasteiger partial charge in [-0.2, -0.15) is 0 Å². The van der Waals surface area contributed by atoms with Crippen molar-refractivity contribution in [3.63, 3.8) is 0 Å². The summed E-state index contributed by atoms with van der Waals surface area (Å²) < 4.78 is 13.1. The molecule has 0 amide bonds. The molecule has 0 aliphatic carbocycles. The summed E-state index contributed by atoms with van der Waals surface area (Å²) in [5.74, 6) is 0.262. The van der Waals surface area contributed by atoms with Crippen molar-refractivity contribution in [1.29, 1.82) is 0 Å². The fraction of sp³-hybridized carbons (Fsp3) is 0. The summed E-state index contributed by atoms with van der Waals surface area (Å²) in [7, 11) is 0.